The van der Waals surface area contributed by atoms with Gasteiger partial charge in [0.15, 0.2) is 0 Å². The molecule has 0 radical (unpaired) electrons. The van der Waals surface area contributed by atoms with Crippen molar-refractivity contribution >= 4 is 15.9 Å². The second-order valence-corrected chi connectivity index (χ2v) is 5.83. The molecule has 1 atom stereocenters. The Morgan fingerprint density at radius 2 is 2.24 bits per heavy atom. The van der Waals surface area contributed by atoms with Gasteiger partial charge in [0.05, 0.1) is 6.61 Å². The van der Waals surface area contributed by atoms with Crippen molar-refractivity contribution in [2.24, 2.45) is 11.7 Å². The number of hydrogen-bond donors (Lipinski definition) is 1. The summed E-state index contributed by atoms with van der Waals surface area (Å²) in [7, 11) is 0. The monoisotopic (exact) mass is 297 g/mol. The Bertz CT molecular complexity index is 376. The summed E-state index contributed by atoms with van der Waals surface area (Å²) in [6, 6.07) is 6.26. The summed E-state index contributed by atoms with van der Waals surface area (Å²) < 4.78 is 7.03. The van der Waals surface area contributed by atoms with Crippen molar-refractivity contribution < 1.29 is 4.74 Å². The minimum atomic E-state index is 0.451. The molecule has 94 valence electrons. The van der Waals surface area contributed by atoms with E-state index >= 15 is 0 Å². The van der Waals surface area contributed by atoms with Gasteiger partial charge in [-0.2, -0.15) is 0 Å². The molecule has 0 bridgehead atoms. The highest BCUT2D eigenvalue weighted by molar-refractivity contribution is 9.10. The summed E-state index contributed by atoms with van der Waals surface area (Å²) in [5.41, 5.74) is 6.90. The highest BCUT2D eigenvalue weighted by Gasteiger charge is 2.22. The number of hydrogen-bond acceptors (Lipinski definition) is 2. The van der Waals surface area contributed by atoms with Crippen molar-refractivity contribution in [2.75, 3.05) is 13.2 Å². The van der Waals surface area contributed by atoms with E-state index in [2.05, 4.69) is 35.0 Å². The van der Waals surface area contributed by atoms with Gasteiger partial charge in [-0.15, -0.1) is 0 Å². The molecule has 0 spiro atoms. The van der Waals surface area contributed by atoms with E-state index in [-0.39, 0.29) is 0 Å². The smallest absolute Gasteiger partial charge is 0.122 e. The fraction of sp³-hybridized carbons (Fsp3) is 0.571. The Morgan fingerprint density at radius 1 is 1.47 bits per heavy atom. The molecule has 0 amide bonds. The molecule has 1 aliphatic carbocycles. The van der Waals surface area contributed by atoms with Crippen molar-refractivity contribution in [3.63, 3.8) is 0 Å². The van der Waals surface area contributed by atoms with Crippen molar-refractivity contribution in [3.8, 4) is 5.75 Å². The lowest BCUT2D eigenvalue weighted by atomic mass is 9.97. The Morgan fingerprint density at radius 3 is 2.88 bits per heavy atom. The molecule has 2 nitrogen and oxygen atoms in total. The largest absolute Gasteiger partial charge is 0.493 e. The normalized spacial score (nSPS) is 16.9. The Balaban J connectivity index is 2.10. The van der Waals surface area contributed by atoms with E-state index in [0.717, 1.165) is 35.7 Å². The molecule has 1 aliphatic rings. The first-order chi connectivity index (χ1) is 8.20. The Hall–Kier alpha value is -0.540. The molecule has 0 aromatic heterocycles. The van der Waals surface area contributed by atoms with Crippen LogP contribution in [0.5, 0.6) is 5.75 Å². The van der Waals surface area contributed by atoms with Crippen molar-refractivity contribution in [2.45, 2.75) is 32.1 Å². The van der Waals surface area contributed by atoms with Crippen molar-refractivity contribution in [3.05, 3.63) is 28.2 Å². The summed E-state index contributed by atoms with van der Waals surface area (Å²) >= 11 is 3.52. The van der Waals surface area contributed by atoms with Gasteiger partial charge in [-0.05, 0) is 61.4 Å². The van der Waals surface area contributed by atoms with Crippen LogP contribution in [0.15, 0.2) is 22.7 Å². The van der Waals surface area contributed by atoms with Gasteiger partial charge in [-0.1, -0.05) is 22.9 Å². The quantitative estimate of drug-likeness (QED) is 0.869. The lowest BCUT2D eigenvalue weighted by Gasteiger charge is -2.17. The number of benzene rings is 1. The molecule has 0 aliphatic heterocycles. The fourth-order valence-electron chi connectivity index (χ4n) is 1.93. The molecule has 1 aromatic carbocycles. The summed E-state index contributed by atoms with van der Waals surface area (Å²) in [6.07, 6.45) is 3.64. The molecule has 1 aromatic rings. The van der Waals surface area contributed by atoms with Gasteiger partial charge in [-0.3, -0.25) is 0 Å². The lowest BCUT2D eigenvalue weighted by molar-refractivity contribution is 0.295. The van der Waals surface area contributed by atoms with Gasteiger partial charge < -0.3 is 10.5 Å². The summed E-state index contributed by atoms with van der Waals surface area (Å²) in [5, 5.41) is 0. The first-order valence-electron chi connectivity index (χ1n) is 6.33. The maximum absolute atomic E-state index is 5.92. The Labute approximate surface area is 112 Å². The molecule has 1 fully saturated rings. The minimum absolute atomic E-state index is 0.451. The molecular formula is C14H20BrNO. The van der Waals surface area contributed by atoms with E-state index in [1.165, 1.54) is 18.4 Å². The van der Waals surface area contributed by atoms with E-state index < -0.39 is 0 Å². The third-order valence-corrected chi connectivity index (χ3v) is 3.77. The predicted octanol–water partition coefficient (Wildman–Crippen LogP) is 3.69. The van der Waals surface area contributed by atoms with Crippen LogP contribution in [0.4, 0.5) is 0 Å². The van der Waals surface area contributed by atoms with E-state index in [0.29, 0.717) is 5.92 Å². The van der Waals surface area contributed by atoms with Crippen molar-refractivity contribution in [1.29, 1.82) is 0 Å². The number of rotatable bonds is 6. The number of nitrogens with two attached hydrogens (primary N) is 1. The zero-order chi connectivity index (χ0) is 12.3. The molecular weight excluding hydrogens is 278 g/mol. The second kappa shape index (κ2) is 5.87. The van der Waals surface area contributed by atoms with Crippen LogP contribution < -0.4 is 10.5 Å². The Kier molecular flexibility index (Phi) is 4.46. The van der Waals surface area contributed by atoms with Crippen LogP contribution >= 0.6 is 15.9 Å². The van der Waals surface area contributed by atoms with Crippen LogP contribution in [-0.4, -0.2) is 13.2 Å². The molecule has 1 unspecified atom stereocenters. The van der Waals surface area contributed by atoms with Gasteiger partial charge in [-0.25, -0.2) is 0 Å². The summed E-state index contributed by atoms with van der Waals surface area (Å²) in [6.45, 7) is 3.79. The fourth-order valence-corrected chi connectivity index (χ4v) is 2.31. The number of halogens is 1. The molecule has 0 heterocycles. The van der Waals surface area contributed by atoms with Crippen LogP contribution in [0.2, 0.25) is 0 Å². The zero-order valence-electron chi connectivity index (χ0n) is 10.3. The third kappa shape index (κ3) is 3.71. The third-order valence-electron chi connectivity index (χ3n) is 3.27. The lowest BCUT2D eigenvalue weighted by Crippen LogP contribution is -2.07. The average molecular weight is 298 g/mol. The van der Waals surface area contributed by atoms with E-state index in [9.17, 15) is 0 Å². The highest BCUT2D eigenvalue weighted by atomic mass is 79.9. The van der Waals surface area contributed by atoms with Gasteiger partial charge in [0, 0.05) is 4.47 Å². The summed E-state index contributed by atoms with van der Waals surface area (Å²) in [4.78, 5) is 0. The van der Waals surface area contributed by atoms with Gasteiger partial charge in [0.1, 0.15) is 5.75 Å². The predicted molar refractivity (Wildman–Crippen MR) is 74.4 cm³/mol. The minimum Gasteiger partial charge on any atom is -0.493 e. The molecule has 0 saturated heterocycles. The standard InChI is InChI=1S/C14H20BrNO/c1-10(6-7-16)13-8-12(15)4-5-14(13)17-9-11-2-3-11/h4-5,8,10-11H,2-3,6-7,9,16H2,1H3. The molecule has 1 saturated carbocycles. The van der Waals surface area contributed by atoms with Crippen LogP contribution in [0, 0.1) is 5.92 Å². The van der Waals surface area contributed by atoms with Crippen LogP contribution in [-0.2, 0) is 0 Å². The first-order valence-corrected chi connectivity index (χ1v) is 7.12. The molecule has 2 rings (SSSR count). The van der Waals surface area contributed by atoms with E-state index in [1.54, 1.807) is 0 Å². The van der Waals surface area contributed by atoms with Crippen LogP contribution in [0.3, 0.4) is 0 Å². The van der Waals surface area contributed by atoms with Crippen molar-refractivity contribution in [1.82, 2.24) is 0 Å². The molecule has 3 heteroatoms. The van der Waals surface area contributed by atoms with Crippen LogP contribution in [0.1, 0.15) is 37.7 Å². The second-order valence-electron chi connectivity index (χ2n) is 4.91. The van der Waals surface area contributed by atoms with E-state index in [1.807, 2.05) is 6.07 Å². The molecule has 17 heavy (non-hydrogen) atoms. The topological polar surface area (TPSA) is 35.2 Å². The summed E-state index contributed by atoms with van der Waals surface area (Å²) in [5.74, 6) is 2.27. The maximum Gasteiger partial charge on any atom is 0.122 e. The SMILES string of the molecule is CC(CCN)c1cc(Br)ccc1OCC1CC1. The first kappa shape index (κ1) is 12.9. The van der Waals surface area contributed by atoms with E-state index in [4.69, 9.17) is 10.5 Å². The average Bonchev–Trinajstić information content (AvgIpc) is 3.11. The van der Waals surface area contributed by atoms with Gasteiger partial charge in [0.25, 0.3) is 0 Å². The van der Waals surface area contributed by atoms with Gasteiger partial charge >= 0.3 is 0 Å². The van der Waals surface area contributed by atoms with Gasteiger partial charge in [0.2, 0.25) is 0 Å². The molecule has 2 N–H and O–H groups in total. The zero-order valence-corrected chi connectivity index (χ0v) is 11.9. The maximum atomic E-state index is 5.92. The number of ether oxygens (including phenoxy) is 1. The highest BCUT2D eigenvalue weighted by Crippen LogP contribution is 2.34. The van der Waals surface area contributed by atoms with Crippen LogP contribution in [0.25, 0.3) is 0 Å².